The molecule has 0 bridgehead atoms. The molecule has 1 aliphatic carbocycles. The molecular weight excluding hydrogens is 320 g/mol. The summed E-state index contributed by atoms with van der Waals surface area (Å²) in [6.45, 7) is 6.96. The van der Waals surface area contributed by atoms with Crippen molar-refractivity contribution in [1.82, 2.24) is 15.6 Å². The topological polar surface area (TPSA) is 83.0 Å². The number of amides is 2. The second-order valence-electron chi connectivity index (χ2n) is 6.99. The van der Waals surface area contributed by atoms with Gasteiger partial charge in [0.05, 0.1) is 19.6 Å². The Bertz CT molecular complexity index is 455. The van der Waals surface area contributed by atoms with Crippen molar-refractivity contribution in [1.29, 1.82) is 0 Å². The fourth-order valence-electron chi connectivity index (χ4n) is 3.30. The molecule has 1 saturated heterocycles. The number of hydrogen-bond acceptors (Lipinski definition) is 5. The van der Waals surface area contributed by atoms with Crippen LogP contribution in [0.5, 0.6) is 0 Å². The molecule has 0 unspecified atom stereocenters. The molecule has 2 rings (SSSR count). The third-order valence-electron chi connectivity index (χ3n) is 4.83. The fourth-order valence-corrected chi connectivity index (χ4v) is 3.30. The molecule has 0 spiro atoms. The highest BCUT2D eigenvalue weighted by Gasteiger charge is 2.20. The van der Waals surface area contributed by atoms with Crippen molar-refractivity contribution < 1.29 is 14.3 Å². The fraction of sp³-hybridized carbons (Fsp3) is 0.833. The second kappa shape index (κ2) is 11.2. The van der Waals surface area contributed by atoms with Crippen LogP contribution in [0.25, 0.3) is 0 Å². The van der Waals surface area contributed by atoms with E-state index < -0.39 is 0 Å². The van der Waals surface area contributed by atoms with Crippen LogP contribution in [-0.4, -0.2) is 61.8 Å². The smallest absolute Gasteiger partial charge is 0.243 e. The van der Waals surface area contributed by atoms with Crippen molar-refractivity contribution in [2.75, 3.05) is 39.4 Å². The van der Waals surface area contributed by atoms with Gasteiger partial charge in [-0.3, -0.25) is 14.5 Å². The van der Waals surface area contributed by atoms with Gasteiger partial charge in [0.25, 0.3) is 0 Å². The average Bonchev–Trinajstić information content (AvgIpc) is 2.65. The highest BCUT2D eigenvalue weighted by molar-refractivity contribution is 6.00. The maximum absolute atomic E-state index is 12.0. The van der Waals surface area contributed by atoms with E-state index in [-0.39, 0.29) is 24.2 Å². The van der Waals surface area contributed by atoms with Crippen molar-refractivity contribution in [3.63, 3.8) is 0 Å². The van der Waals surface area contributed by atoms with Crippen LogP contribution in [-0.2, 0) is 14.3 Å². The summed E-state index contributed by atoms with van der Waals surface area (Å²) in [5.41, 5.74) is 3.25. The highest BCUT2D eigenvalue weighted by atomic mass is 16.5. The van der Waals surface area contributed by atoms with Crippen LogP contribution in [0.3, 0.4) is 0 Å². The van der Waals surface area contributed by atoms with Crippen molar-refractivity contribution in [3.05, 3.63) is 0 Å². The first-order chi connectivity index (χ1) is 12.1. The first-order valence-corrected chi connectivity index (χ1v) is 9.55. The molecule has 2 amide bonds. The van der Waals surface area contributed by atoms with Crippen LogP contribution in [0, 0.1) is 5.92 Å². The Morgan fingerprint density at radius 3 is 2.60 bits per heavy atom. The minimum absolute atomic E-state index is 0.00929. The van der Waals surface area contributed by atoms with E-state index in [9.17, 15) is 9.59 Å². The number of hydrogen-bond donors (Lipinski definition) is 2. The van der Waals surface area contributed by atoms with Crippen LogP contribution >= 0.6 is 0 Å². The van der Waals surface area contributed by atoms with Gasteiger partial charge in [-0.15, -0.1) is 0 Å². The number of hydrazone groups is 1. The van der Waals surface area contributed by atoms with Gasteiger partial charge in [-0.1, -0.05) is 19.3 Å². The van der Waals surface area contributed by atoms with Crippen molar-refractivity contribution in [2.24, 2.45) is 11.0 Å². The summed E-state index contributed by atoms with van der Waals surface area (Å²) in [6, 6.07) is 0. The summed E-state index contributed by atoms with van der Waals surface area (Å²) in [5.74, 6) is 0.0272. The quantitative estimate of drug-likeness (QED) is 0.392. The third-order valence-corrected chi connectivity index (χ3v) is 4.83. The van der Waals surface area contributed by atoms with Gasteiger partial charge in [-0.05, 0) is 32.7 Å². The SMILES string of the molecule is CC(CC(=O)NCCCN1CCOCC1)=NNC(=O)C1CCCCC1. The lowest BCUT2D eigenvalue weighted by molar-refractivity contribution is -0.126. The molecule has 1 saturated carbocycles. The van der Waals surface area contributed by atoms with Gasteiger partial charge in [0, 0.05) is 31.3 Å². The van der Waals surface area contributed by atoms with Crippen molar-refractivity contribution >= 4 is 17.5 Å². The average molecular weight is 352 g/mol. The summed E-state index contributed by atoms with van der Waals surface area (Å²) >= 11 is 0. The zero-order valence-electron chi connectivity index (χ0n) is 15.4. The third kappa shape index (κ3) is 7.96. The van der Waals surface area contributed by atoms with E-state index in [1.54, 1.807) is 6.92 Å². The van der Waals surface area contributed by atoms with E-state index in [1.165, 1.54) is 6.42 Å². The van der Waals surface area contributed by atoms with E-state index in [1.807, 2.05) is 0 Å². The molecule has 1 aliphatic heterocycles. The molecule has 0 atom stereocenters. The van der Waals surface area contributed by atoms with Crippen LogP contribution in [0.1, 0.15) is 51.9 Å². The molecule has 0 radical (unpaired) electrons. The minimum atomic E-state index is -0.0462. The molecule has 2 fully saturated rings. The number of carbonyl (C=O) groups excluding carboxylic acids is 2. The number of morpholine rings is 1. The Hall–Kier alpha value is -1.47. The monoisotopic (exact) mass is 352 g/mol. The largest absolute Gasteiger partial charge is 0.379 e. The minimum Gasteiger partial charge on any atom is -0.379 e. The van der Waals surface area contributed by atoms with Crippen LogP contribution < -0.4 is 10.7 Å². The molecule has 0 aromatic heterocycles. The molecule has 2 N–H and O–H groups in total. The van der Waals surface area contributed by atoms with Gasteiger partial charge >= 0.3 is 0 Å². The normalized spacial score (nSPS) is 20.3. The summed E-state index contributed by atoms with van der Waals surface area (Å²) < 4.78 is 5.31. The zero-order valence-corrected chi connectivity index (χ0v) is 15.4. The van der Waals surface area contributed by atoms with E-state index in [2.05, 4.69) is 20.7 Å². The summed E-state index contributed by atoms with van der Waals surface area (Å²) in [4.78, 5) is 26.3. The maximum atomic E-state index is 12.0. The van der Waals surface area contributed by atoms with Crippen LogP contribution in [0.2, 0.25) is 0 Å². The first kappa shape index (κ1) is 19.8. The summed E-state index contributed by atoms with van der Waals surface area (Å²) in [6.07, 6.45) is 6.51. The number of nitrogens with one attached hydrogen (secondary N) is 2. The Balaban J connectivity index is 1.56. The standard InChI is InChI=1S/C18H32N4O3/c1-15(20-21-18(24)16-6-3-2-4-7-16)14-17(23)19-8-5-9-22-10-12-25-13-11-22/h16H,2-14H2,1H3,(H,19,23)(H,21,24). The molecule has 0 aromatic carbocycles. The van der Waals surface area contributed by atoms with Crippen LogP contribution in [0.4, 0.5) is 0 Å². The van der Waals surface area contributed by atoms with Gasteiger partial charge < -0.3 is 10.1 Å². The predicted octanol–water partition coefficient (Wildman–Crippen LogP) is 1.29. The number of ether oxygens (including phenoxy) is 1. The molecule has 2 aliphatic rings. The lowest BCUT2D eigenvalue weighted by Gasteiger charge is -2.26. The predicted molar refractivity (Wildman–Crippen MR) is 97.3 cm³/mol. The van der Waals surface area contributed by atoms with Gasteiger partial charge in [-0.25, -0.2) is 5.43 Å². The van der Waals surface area contributed by atoms with Crippen molar-refractivity contribution in [2.45, 2.75) is 51.9 Å². The maximum Gasteiger partial charge on any atom is 0.243 e. The van der Waals surface area contributed by atoms with E-state index in [0.717, 1.165) is 65.0 Å². The van der Waals surface area contributed by atoms with Crippen molar-refractivity contribution in [3.8, 4) is 0 Å². The zero-order chi connectivity index (χ0) is 17.9. The highest BCUT2D eigenvalue weighted by Crippen LogP contribution is 2.23. The second-order valence-corrected chi connectivity index (χ2v) is 6.99. The molecule has 0 aromatic rings. The lowest BCUT2D eigenvalue weighted by atomic mass is 9.89. The number of nitrogens with zero attached hydrogens (tertiary/aromatic N) is 2. The molecule has 7 nitrogen and oxygen atoms in total. The van der Waals surface area contributed by atoms with E-state index in [4.69, 9.17) is 4.74 Å². The number of carbonyl (C=O) groups is 2. The van der Waals surface area contributed by atoms with Gasteiger partial charge in [0.15, 0.2) is 0 Å². The first-order valence-electron chi connectivity index (χ1n) is 9.55. The Labute approximate surface area is 150 Å². The lowest BCUT2D eigenvalue weighted by Crippen LogP contribution is -2.38. The Morgan fingerprint density at radius 2 is 1.88 bits per heavy atom. The van der Waals surface area contributed by atoms with Crippen LogP contribution in [0.15, 0.2) is 5.10 Å². The summed E-state index contributed by atoms with van der Waals surface area (Å²) in [5, 5.41) is 6.99. The molecule has 7 heteroatoms. The Kier molecular flexibility index (Phi) is 8.90. The van der Waals surface area contributed by atoms with Gasteiger partial charge in [0.2, 0.25) is 11.8 Å². The van der Waals surface area contributed by atoms with E-state index in [0.29, 0.717) is 12.3 Å². The summed E-state index contributed by atoms with van der Waals surface area (Å²) in [7, 11) is 0. The molecule has 25 heavy (non-hydrogen) atoms. The molecule has 1 heterocycles. The Morgan fingerprint density at radius 1 is 1.16 bits per heavy atom. The van der Waals surface area contributed by atoms with Gasteiger partial charge in [-0.2, -0.15) is 5.10 Å². The van der Waals surface area contributed by atoms with E-state index >= 15 is 0 Å². The molecular formula is C18H32N4O3. The molecule has 142 valence electrons. The number of rotatable bonds is 8. The van der Waals surface area contributed by atoms with Gasteiger partial charge in [0.1, 0.15) is 0 Å².